The minimum Gasteiger partial charge on any atom is -0.497 e. The van der Waals surface area contributed by atoms with Gasteiger partial charge in [0.1, 0.15) is 5.75 Å². The Morgan fingerprint density at radius 2 is 2.05 bits per heavy atom. The van der Waals surface area contributed by atoms with Gasteiger partial charge in [0.05, 0.1) is 20.3 Å². The van der Waals surface area contributed by atoms with Crippen molar-refractivity contribution < 1.29 is 9.47 Å². The number of rotatable bonds is 10. The number of ether oxygens (including phenoxy) is 2. The maximum absolute atomic E-state index is 5.62. The van der Waals surface area contributed by atoms with Gasteiger partial charge in [0.15, 0.2) is 0 Å². The predicted molar refractivity (Wildman–Crippen MR) is 78.7 cm³/mol. The molecule has 0 spiro atoms. The molecule has 0 saturated heterocycles. The molecule has 0 unspecified atom stereocenters. The molecule has 0 amide bonds. The van der Waals surface area contributed by atoms with Crippen molar-refractivity contribution in [3.05, 3.63) is 29.8 Å². The summed E-state index contributed by atoms with van der Waals surface area (Å²) < 4.78 is 10.8. The van der Waals surface area contributed by atoms with Crippen LogP contribution in [0.4, 0.5) is 0 Å². The minimum atomic E-state index is 0.635. The fourth-order valence-electron chi connectivity index (χ4n) is 1.74. The molecule has 0 aliphatic rings. The summed E-state index contributed by atoms with van der Waals surface area (Å²) in [4.78, 5) is 2.20. The van der Waals surface area contributed by atoms with Gasteiger partial charge in [-0.15, -0.1) is 0 Å². The third kappa shape index (κ3) is 7.82. The van der Waals surface area contributed by atoms with Crippen molar-refractivity contribution >= 4 is 0 Å². The first-order chi connectivity index (χ1) is 9.22. The molecule has 1 aromatic carbocycles. The average Bonchev–Trinajstić information content (AvgIpc) is 2.41. The van der Waals surface area contributed by atoms with Crippen LogP contribution in [0.1, 0.15) is 12.0 Å². The summed E-state index contributed by atoms with van der Waals surface area (Å²) >= 11 is 0. The monoisotopic (exact) mass is 266 g/mol. The van der Waals surface area contributed by atoms with Crippen LogP contribution in [0.3, 0.4) is 0 Å². The van der Waals surface area contributed by atoms with Crippen LogP contribution >= 0.6 is 0 Å². The van der Waals surface area contributed by atoms with Crippen molar-refractivity contribution in [2.45, 2.75) is 13.0 Å². The lowest BCUT2D eigenvalue weighted by molar-refractivity contribution is 0.122. The molecule has 0 heterocycles. The fraction of sp³-hybridized carbons (Fsp3) is 0.600. The minimum absolute atomic E-state index is 0.635. The molecule has 1 aromatic rings. The summed E-state index contributed by atoms with van der Waals surface area (Å²) in [5.41, 5.74) is 1.15. The summed E-state index contributed by atoms with van der Waals surface area (Å²) in [6.07, 6.45) is 1.17. The Bertz CT molecular complexity index is 343. The zero-order chi connectivity index (χ0) is 13.9. The second-order valence-corrected chi connectivity index (χ2v) is 4.81. The summed E-state index contributed by atoms with van der Waals surface area (Å²) in [6.45, 7) is 4.44. The Balaban J connectivity index is 2.01. The fourth-order valence-corrected chi connectivity index (χ4v) is 1.74. The highest BCUT2D eigenvalue weighted by atomic mass is 16.5. The molecule has 108 valence electrons. The van der Waals surface area contributed by atoms with Crippen LogP contribution < -0.4 is 10.1 Å². The number of hydrogen-bond donors (Lipinski definition) is 1. The lowest BCUT2D eigenvalue weighted by atomic mass is 10.2. The molecule has 4 heteroatoms. The van der Waals surface area contributed by atoms with E-state index < -0.39 is 0 Å². The Morgan fingerprint density at radius 1 is 1.21 bits per heavy atom. The van der Waals surface area contributed by atoms with Gasteiger partial charge in [-0.2, -0.15) is 0 Å². The first-order valence-corrected chi connectivity index (χ1v) is 6.78. The molecule has 0 bridgehead atoms. The van der Waals surface area contributed by atoms with Gasteiger partial charge in [-0.3, -0.25) is 0 Å². The molecule has 4 nitrogen and oxygen atoms in total. The van der Waals surface area contributed by atoms with Crippen LogP contribution in [0.5, 0.6) is 5.75 Å². The van der Waals surface area contributed by atoms with E-state index in [4.69, 9.17) is 9.47 Å². The van der Waals surface area contributed by atoms with E-state index in [2.05, 4.69) is 24.3 Å². The molecule has 19 heavy (non-hydrogen) atoms. The van der Waals surface area contributed by atoms with Crippen molar-refractivity contribution in [1.82, 2.24) is 10.2 Å². The Hall–Kier alpha value is -1.10. The van der Waals surface area contributed by atoms with E-state index in [1.165, 1.54) is 6.42 Å². The van der Waals surface area contributed by atoms with Crippen molar-refractivity contribution in [2.24, 2.45) is 0 Å². The number of nitrogens with one attached hydrogen (secondary N) is 1. The molecule has 0 aliphatic heterocycles. The molecule has 0 radical (unpaired) electrons. The average molecular weight is 266 g/mol. The zero-order valence-electron chi connectivity index (χ0n) is 12.3. The predicted octanol–water partition coefficient (Wildman–Crippen LogP) is 1.75. The van der Waals surface area contributed by atoms with E-state index in [-0.39, 0.29) is 0 Å². The van der Waals surface area contributed by atoms with Gasteiger partial charge in [0.25, 0.3) is 0 Å². The SMILES string of the molecule is COc1cccc(COCCNCCCN(C)C)c1. The summed E-state index contributed by atoms with van der Waals surface area (Å²) in [5, 5.41) is 3.37. The maximum atomic E-state index is 5.62. The van der Waals surface area contributed by atoms with E-state index in [1.807, 2.05) is 24.3 Å². The first kappa shape index (κ1) is 16.0. The summed E-state index contributed by atoms with van der Waals surface area (Å²) in [5.74, 6) is 0.878. The van der Waals surface area contributed by atoms with Crippen molar-refractivity contribution in [2.75, 3.05) is 47.4 Å². The molecule has 1 rings (SSSR count). The lowest BCUT2D eigenvalue weighted by Crippen LogP contribution is -2.24. The van der Waals surface area contributed by atoms with Crippen LogP contribution in [-0.4, -0.2) is 52.3 Å². The van der Waals surface area contributed by atoms with Crippen molar-refractivity contribution in [3.63, 3.8) is 0 Å². The van der Waals surface area contributed by atoms with Crippen LogP contribution in [-0.2, 0) is 11.3 Å². The topological polar surface area (TPSA) is 33.7 Å². The molecule has 0 aromatic heterocycles. The van der Waals surface area contributed by atoms with Gasteiger partial charge < -0.3 is 19.7 Å². The highest BCUT2D eigenvalue weighted by Crippen LogP contribution is 2.12. The molecule has 0 atom stereocenters. The van der Waals surface area contributed by atoms with E-state index in [0.717, 1.165) is 37.6 Å². The van der Waals surface area contributed by atoms with E-state index in [1.54, 1.807) is 7.11 Å². The molecule has 0 fully saturated rings. The number of methoxy groups -OCH3 is 1. The van der Waals surface area contributed by atoms with Gasteiger partial charge in [-0.1, -0.05) is 12.1 Å². The first-order valence-electron chi connectivity index (χ1n) is 6.78. The van der Waals surface area contributed by atoms with Crippen LogP contribution in [0.25, 0.3) is 0 Å². The standard InChI is InChI=1S/C15H26N2O2/c1-17(2)10-5-8-16-9-11-19-13-14-6-4-7-15(12-14)18-3/h4,6-7,12,16H,5,8-11,13H2,1-3H3. The molecular formula is C15H26N2O2. The largest absolute Gasteiger partial charge is 0.497 e. The van der Waals surface area contributed by atoms with Crippen LogP contribution in [0.2, 0.25) is 0 Å². The highest BCUT2D eigenvalue weighted by molar-refractivity contribution is 5.27. The van der Waals surface area contributed by atoms with E-state index in [0.29, 0.717) is 6.61 Å². The zero-order valence-corrected chi connectivity index (χ0v) is 12.3. The van der Waals surface area contributed by atoms with Gasteiger partial charge in [0.2, 0.25) is 0 Å². The summed E-state index contributed by atoms with van der Waals surface area (Å²) in [7, 11) is 5.87. The molecule has 1 N–H and O–H groups in total. The third-order valence-electron chi connectivity index (χ3n) is 2.78. The lowest BCUT2D eigenvalue weighted by Gasteiger charge is -2.10. The van der Waals surface area contributed by atoms with Crippen molar-refractivity contribution in [3.8, 4) is 5.75 Å². The molecular weight excluding hydrogens is 240 g/mol. The van der Waals surface area contributed by atoms with Gasteiger partial charge in [0, 0.05) is 6.54 Å². The Labute approximate surface area is 116 Å². The second-order valence-electron chi connectivity index (χ2n) is 4.81. The molecule has 0 aliphatic carbocycles. The van der Waals surface area contributed by atoms with E-state index in [9.17, 15) is 0 Å². The number of nitrogens with zero attached hydrogens (tertiary/aromatic N) is 1. The highest BCUT2D eigenvalue weighted by Gasteiger charge is 1.96. The van der Waals surface area contributed by atoms with Gasteiger partial charge in [-0.25, -0.2) is 0 Å². The van der Waals surface area contributed by atoms with Crippen LogP contribution in [0.15, 0.2) is 24.3 Å². The smallest absolute Gasteiger partial charge is 0.119 e. The quantitative estimate of drug-likeness (QED) is 0.654. The molecule has 0 saturated carbocycles. The van der Waals surface area contributed by atoms with Crippen LogP contribution in [0, 0.1) is 0 Å². The Morgan fingerprint density at radius 3 is 2.79 bits per heavy atom. The second kappa shape index (κ2) is 9.78. The third-order valence-corrected chi connectivity index (χ3v) is 2.78. The summed E-state index contributed by atoms with van der Waals surface area (Å²) in [6, 6.07) is 7.98. The number of hydrogen-bond acceptors (Lipinski definition) is 4. The normalized spacial score (nSPS) is 10.9. The van der Waals surface area contributed by atoms with Gasteiger partial charge in [-0.05, 0) is 51.3 Å². The Kier molecular flexibility index (Phi) is 8.21. The van der Waals surface area contributed by atoms with Crippen molar-refractivity contribution in [1.29, 1.82) is 0 Å². The van der Waals surface area contributed by atoms with E-state index >= 15 is 0 Å². The van der Waals surface area contributed by atoms with Gasteiger partial charge >= 0.3 is 0 Å². The maximum Gasteiger partial charge on any atom is 0.119 e. The number of benzene rings is 1.